The lowest BCUT2D eigenvalue weighted by atomic mass is 9.85. The van der Waals surface area contributed by atoms with Crippen LogP contribution in [0, 0.1) is 5.82 Å². The Balaban J connectivity index is 1.73. The number of likely N-dealkylation sites (N-methyl/N-ethyl adjacent to an activating group) is 1. The molecule has 0 saturated carbocycles. The summed E-state index contributed by atoms with van der Waals surface area (Å²) in [4.78, 5) is 16.9. The standard InChI is InChI=1S/C21H25ClFN3O/c1-25(2)20(27)21(24-19-8-4-7-18(23)14-19)9-11-26(12-10-21)15-16-5-3-6-17(22)13-16/h3-8,13-14,24H,9-12,15H2,1-2H3. The highest BCUT2D eigenvalue weighted by Gasteiger charge is 2.42. The maximum Gasteiger partial charge on any atom is 0.247 e. The molecule has 0 atom stereocenters. The molecule has 144 valence electrons. The van der Waals surface area contributed by atoms with Gasteiger partial charge in [-0.1, -0.05) is 29.8 Å². The number of hydrogen-bond donors (Lipinski definition) is 1. The molecule has 1 N–H and O–H groups in total. The molecule has 2 aromatic carbocycles. The average molecular weight is 390 g/mol. The third-order valence-corrected chi connectivity index (χ3v) is 5.26. The summed E-state index contributed by atoms with van der Waals surface area (Å²) in [5.41, 5.74) is 1.07. The summed E-state index contributed by atoms with van der Waals surface area (Å²) >= 11 is 6.08. The van der Waals surface area contributed by atoms with E-state index in [1.165, 1.54) is 12.1 Å². The van der Waals surface area contributed by atoms with Gasteiger partial charge in [0.1, 0.15) is 11.4 Å². The fourth-order valence-corrected chi connectivity index (χ4v) is 3.86. The number of carbonyl (C=O) groups is 1. The molecule has 1 heterocycles. The minimum absolute atomic E-state index is 0.0224. The summed E-state index contributed by atoms with van der Waals surface area (Å²) in [6.07, 6.45) is 1.31. The van der Waals surface area contributed by atoms with E-state index < -0.39 is 5.54 Å². The van der Waals surface area contributed by atoms with Gasteiger partial charge in [0.05, 0.1) is 0 Å². The summed E-state index contributed by atoms with van der Waals surface area (Å²) in [5, 5.41) is 4.06. The Labute approximate surface area is 164 Å². The Bertz CT molecular complexity index is 804. The molecule has 2 aromatic rings. The fourth-order valence-electron chi connectivity index (χ4n) is 3.65. The van der Waals surface area contributed by atoms with Crippen molar-refractivity contribution in [2.24, 2.45) is 0 Å². The highest BCUT2D eigenvalue weighted by atomic mass is 35.5. The Morgan fingerprint density at radius 3 is 2.52 bits per heavy atom. The van der Waals surface area contributed by atoms with Gasteiger partial charge in [0.2, 0.25) is 5.91 Å². The molecule has 1 fully saturated rings. The number of anilines is 1. The zero-order valence-corrected chi connectivity index (χ0v) is 16.5. The van der Waals surface area contributed by atoms with Crippen molar-refractivity contribution in [1.82, 2.24) is 9.80 Å². The van der Waals surface area contributed by atoms with E-state index in [1.807, 2.05) is 18.2 Å². The zero-order chi connectivity index (χ0) is 19.4. The van der Waals surface area contributed by atoms with E-state index in [-0.39, 0.29) is 11.7 Å². The first kappa shape index (κ1) is 19.6. The second-order valence-corrected chi connectivity index (χ2v) is 7.76. The predicted molar refractivity (Wildman–Crippen MR) is 107 cm³/mol. The molecular weight excluding hydrogens is 365 g/mol. The summed E-state index contributed by atoms with van der Waals surface area (Å²) in [6, 6.07) is 14.1. The second-order valence-electron chi connectivity index (χ2n) is 7.32. The van der Waals surface area contributed by atoms with E-state index in [1.54, 1.807) is 31.1 Å². The third kappa shape index (κ3) is 4.79. The number of halogens is 2. The van der Waals surface area contributed by atoms with Gasteiger partial charge in [0.15, 0.2) is 0 Å². The number of benzene rings is 2. The van der Waals surface area contributed by atoms with Crippen molar-refractivity contribution in [2.45, 2.75) is 24.9 Å². The monoisotopic (exact) mass is 389 g/mol. The SMILES string of the molecule is CN(C)C(=O)C1(Nc2cccc(F)c2)CCN(Cc2cccc(Cl)c2)CC1. The summed E-state index contributed by atoms with van der Waals surface area (Å²) in [6.45, 7) is 2.34. The number of nitrogens with one attached hydrogen (secondary N) is 1. The highest BCUT2D eigenvalue weighted by molar-refractivity contribution is 6.30. The van der Waals surface area contributed by atoms with E-state index in [2.05, 4.69) is 16.3 Å². The van der Waals surface area contributed by atoms with Crippen molar-refractivity contribution < 1.29 is 9.18 Å². The smallest absolute Gasteiger partial charge is 0.247 e. The van der Waals surface area contributed by atoms with Crippen LogP contribution in [0.4, 0.5) is 10.1 Å². The van der Waals surface area contributed by atoms with Crippen LogP contribution in [0.1, 0.15) is 18.4 Å². The van der Waals surface area contributed by atoms with E-state index >= 15 is 0 Å². The Hall–Kier alpha value is -2.11. The van der Waals surface area contributed by atoms with Crippen LogP contribution in [0.25, 0.3) is 0 Å². The van der Waals surface area contributed by atoms with Crippen molar-refractivity contribution in [3.05, 3.63) is 64.9 Å². The summed E-state index contributed by atoms with van der Waals surface area (Å²) < 4.78 is 13.6. The topological polar surface area (TPSA) is 35.6 Å². The average Bonchev–Trinajstić information content (AvgIpc) is 2.63. The Kier molecular flexibility index (Phi) is 6.02. The van der Waals surface area contributed by atoms with Gasteiger partial charge in [0, 0.05) is 44.4 Å². The normalized spacial score (nSPS) is 16.7. The lowest BCUT2D eigenvalue weighted by Gasteiger charge is -2.43. The summed E-state index contributed by atoms with van der Waals surface area (Å²) in [5.74, 6) is -0.292. The van der Waals surface area contributed by atoms with Gasteiger partial charge in [-0.15, -0.1) is 0 Å². The maximum atomic E-state index is 13.6. The van der Waals surface area contributed by atoms with Crippen LogP contribution in [0.5, 0.6) is 0 Å². The van der Waals surface area contributed by atoms with Crippen LogP contribution in [-0.4, -0.2) is 48.4 Å². The minimum Gasteiger partial charge on any atom is -0.371 e. The molecule has 1 amide bonds. The summed E-state index contributed by atoms with van der Waals surface area (Å²) in [7, 11) is 3.52. The van der Waals surface area contributed by atoms with Crippen LogP contribution >= 0.6 is 11.6 Å². The molecule has 6 heteroatoms. The maximum absolute atomic E-state index is 13.6. The van der Waals surface area contributed by atoms with Crippen molar-refractivity contribution in [2.75, 3.05) is 32.5 Å². The molecule has 1 aliphatic rings. The molecule has 1 aliphatic heterocycles. The Morgan fingerprint density at radius 1 is 1.19 bits per heavy atom. The fraction of sp³-hybridized carbons (Fsp3) is 0.381. The quantitative estimate of drug-likeness (QED) is 0.839. The largest absolute Gasteiger partial charge is 0.371 e. The number of hydrogen-bond acceptors (Lipinski definition) is 3. The third-order valence-electron chi connectivity index (χ3n) is 5.03. The Morgan fingerprint density at radius 2 is 1.89 bits per heavy atom. The molecule has 27 heavy (non-hydrogen) atoms. The number of likely N-dealkylation sites (tertiary alicyclic amines) is 1. The van der Waals surface area contributed by atoms with Gasteiger partial charge >= 0.3 is 0 Å². The van der Waals surface area contributed by atoms with Gasteiger partial charge in [-0.3, -0.25) is 9.69 Å². The molecule has 3 rings (SSSR count). The van der Waals surface area contributed by atoms with Crippen LogP contribution < -0.4 is 5.32 Å². The van der Waals surface area contributed by atoms with Gasteiger partial charge in [0.25, 0.3) is 0 Å². The van der Waals surface area contributed by atoms with Gasteiger partial charge in [-0.05, 0) is 48.7 Å². The van der Waals surface area contributed by atoms with E-state index in [0.29, 0.717) is 18.5 Å². The lowest BCUT2D eigenvalue weighted by molar-refractivity contribution is -0.135. The molecule has 4 nitrogen and oxygen atoms in total. The highest BCUT2D eigenvalue weighted by Crippen LogP contribution is 2.30. The first-order chi connectivity index (χ1) is 12.9. The number of carbonyl (C=O) groups excluding carboxylic acids is 1. The second kappa shape index (κ2) is 8.28. The van der Waals surface area contributed by atoms with Gasteiger partial charge in [-0.25, -0.2) is 4.39 Å². The van der Waals surface area contributed by atoms with Crippen molar-refractivity contribution in [1.29, 1.82) is 0 Å². The molecule has 0 radical (unpaired) electrons. The van der Waals surface area contributed by atoms with Crippen molar-refractivity contribution in [3.8, 4) is 0 Å². The zero-order valence-electron chi connectivity index (χ0n) is 15.7. The lowest BCUT2D eigenvalue weighted by Crippen LogP contribution is -2.57. The van der Waals surface area contributed by atoms with Crippen molar-refractivity contribution >= 4 is 23.2 Å². The van der Waals surface area contributed by atoms with Crippen LogP contribution in [0.3, 0.4) is 0 Å². The van der Waals surface area contributed by atoms with Crippen LogP contribution in [-0.2, 0) is 11.3 Å². The number of nitrogens with zero attached hydrogens (tertiary/aromatic N) is 2. The van der Waals surface area contributed by atoms with E-state index in [0.717, 1.165) is 30.2 Å². The van der Waals surface area contributed by atoms with E-state index in [4.69, 9.17) is 11.6 Å². The first-order valence-electron chi connectivity index (χ1n) is 9.10. The molecule has 0 spiro atoms. The predicted octanol–water partition coefficient (Wildman–Crippen LogP) is 4.01. The molecular formula is C21H25ClFN3O. The van der Waals surface area contributed by atoms with E-state index in [9.17, 15) is 9.18 Å². The van der Waals surface area contributed by atoms with Crippen LogP contribution in [0.2, 0.25) is 5.02 Å². The van der Waals surface area contributed by atoms with Gasteiger partial charge < -0.3 is 10.2 Å². The minimum atomic E-state index is -0.720. The number of piperidine rings is 1. The molecule has 0 aromatic heterocycles. The molecule has 1 saturated heterocycles. The first-order valence-corrected chi connectivity index (χ1v) is 9.48. The van der Waals surface area contributed by atoms with Crippen molar-refractivity contribution in [3.63, 3.8) is 0 Å². The van der Waals surface area contributed by atoms with Crippen LogP contribution in [0.15, 0.2) is 48.5 Å². The molecule has 0 aliphatic carbocycles. The molecule has 0 unspecified atom stereocenters. The van der Waals surface area contributed by atoms with Gasteiger partial charge in [-0.2, -0.15) is 0 Å². The number of amides is 1. The number of rotatable bonds is 5. The molecule has 0 bridgehead atoms.